The van der Waals surface area contributed by atoms with E-state index in [1.807, 2.05) is 13.8 Å². The summed E-state index contributed by atoms with van der Waals surface area (Å²) in [7, 11) is 3.50. The van der Waals surface area contributed by atoms with Crippen molar-refractivity contribution in [3.8, 4) is 0 Å². The maximum Gasteiger partial charge on any atom is 0.191 e. The van der Waals surface area contributed by atoms with Crippen molar-refractivity contribution in [2.45, 2.75) is 25.9 Å². The van der Waals surface area contributed by atoms with Crippen LogP contribution in [0.4, 0.5) is 0 Å². The van der Waals surface area contributed by atoms with Gasteiger partial charge in [-0.2, -0.15) is 0 Å². The van der Waals surface area contributed by atoms with E-state index in [1.165, 1.54) is 16.3 Å². The molecule has 0 heterocycles. The van der Waals surface area contributed by atoms with Crippen molar-refractivity contribution in [1.82, 2.24) is 10.6 Å². The molecule has 0 radical (unpaired) electrons. The van der Waals surface area contributed by atoms with Gasteiger partial charge in [-0.25, -0.2) is 0 Å². The second-order valence-corrected chi connectivity index (χ2v) is 6.25. The lowest BCUT2D eigenvalue weighted by Gasteiger charge is -2.24. The molecule has 2 aromatic carbocycles. The molecule has 0 aliphatic carbocycles. The van der Waals surface area contributed by atoms with Gasteiger partial charge in [-0.05, 0) is 36.6 Å². The number of halogens is 1. The van der Waals surface area contributed by atoms with Crippen molar-refractivity contribution < 1.29 is 4.74 Å². The standard InChI is InChI=1S/C19H27N3O.HI/c1-19(2,23-4)14-22-18(20-3)21-12-11-15-9-10-16-7-5-6-8-17(16)13-15;/h5-10,13H,11-12,14H2,1-4H3,(H2,20,21,22);1H. The van der Waals surface area contributed by atoms with Crippen LogP contribution in [0.15, 0.2) is 47.5 Å². The van der Waals surface area contributed by atoms with Gasteiger partial charge in [-0.1, -0.05) is 42.5 Å². The normalized spacial score (nSPS) is 11.9. The summed E-state index contributed by atoms with van der Waals surface area (Å²) in [5.74, 6) is 0.802. The van der Waals surface area contributed by atoms with Crippen LogP contribution in [-0.4, -0.2) is 38.8 Å². The van der Waals surface area contributed by atoms with Crippen LogP contribution in [0.2, 0.25) is 0 Å². The smallest absolute Gasteiger partial charge is 0.191 e. The number of methoxy groups -OCH3 is 1. The number of nitrogens with one attached hydrogen (secondary N) is 2. The molecular weight excluding hydrogens is 413 g/mol. The predicted octanol–water partition coefficient (Wildman–Crippen LogP) is 3.59. The third kappa shape index (κ3) is 6.28. The number of aliphatic imine (C=N–C) groups is 1. The first kappa shape index (κ1) is 20.7. The van der Waals surface area contributed by atoms with E-state index in [4.69, 9.17) is 4.74 Å². The molecular formula is C19H28IN3O. The topological polar surface area (TPSA) is 45.7 Å². The summed E-state index contributed by atoms with van der Waals surface area (Å²) >= 11 is 0. The second kappa shape index (κ2) is 9.84. The summed E-state index contributed by atoms with van der Waals surface area (Å²) in [6, 6.07) is 15.1. The SMILES string of the molecule is CN=C(NCCc1ccc2ccccc2c1)NCC(C)(C)OC.I. The molecule has 0 saturated carbocycles. The van der Waals surface area contributed by atoms with Crippen LogP contribution in [0, 0.1) is 0 Å². The van der Waals surface area contributed by atoms with Crippen LogP contribution < -0.4 is 10.6 Å². The Labute approximate surface area is 162 Å². The number of guanidine groups is 1. The molecule has 0 bridgehead atoms. The van der Waals surface area contributed by atoms with Crippen molar-refractivity contribution in [3.63, 3.8) is 0 Å². The van der Waals surface area contributed by atoms with Gasteiger partial charge in [0.05, 0.1) is 5.60 Å². The predicted molar refractivity (Wildman–Crippen MR) is 114 cm³/mol. The average Bonchev–Trinajstić information content (AvgIpc) is 2.57. The average molecular weight is 441 g/mol. The highest BCUT2D eigenvalue weighted by molar-refractivity contribution is 14.0. The van der Waals surface area contributed by atoms with Gasteiger partial charge in [0.2, 0.25) is 0 Å². The fourth-order valence-electron chi connectivity index (χ4n) is 2.31. The molecule has 2 N–H and O–H groups in total. The zero-order valence-corrected chi connectivity index (χ0v) is 17.3. The van der Waals surface area contributed by atoms with Gasteiger partial charge in [0.25, 0.3) is 0 Å². The van der Waals surface area contributed by atoms with Gasteiger partial charge in [0, 0.05) is 27.2 Å². The van der Waals surface area contributed by atoms with Crippen molar-refractivity contribution >= 4 is 40.7 Å². The van der Waals surface area contributed by atoms with E-state index in [-0.39, 0.29) is 29.6 Å². The minimum atomic E-state index is -0.212. The van der Waals surface area contributed by atoms with Crippen LogP contribution >= 0.6 is 24.0 Å². The highest BCUT2D eigenvalue weighted by Crippen LogP contribution is 2.15. The van der Waals surface area contributed by atoms with E-state index in [1.54, 1.807) is 14.2 Å². The van der Waals surface area contributed by atoms with E-state index < -0.39 is 0 Å². The summed E-state index contributed by atoms with van der Waals surface area (Å²) in [4.78, 5) is 4.25. The summed E-state index contributed by atoms with van der Waals surface area (Å²) < 4.78 is 5.40. The number of hydrogen-bond acceptors (Lipinski definition) is 2. The summed E-state index contributed by atoms with van der Waals surface area (Å²) in [5, 5.41) is 9.20. The highest BCUT2D eigenvalue weighted by Gasteiger charge is 2.16. The molecule has 132 valence electrons. The number of benzene rings is 2. The minimum Gasteiger partial charge on any atom is -0.377 e. The molecule has 2 aromatic rings. The molecule has 0 aliphatic heterocycles. The van der Waals surface area contributed by atoms with Gasteiger partial charge in [-0.3, -0.25) is 4.99 Å². The number of nitrogens with zero attached hydrogens (tertiary/aromatic N) is 1. The zero-order valence-electron chi connectivity index (χ0n) is 14.9. The largest absolute Gasteiger partial charge is 0.377 e. The summed E-state index contributed by atoms with van der Waals surface area (Å²) in [6.07, 6.45) is 0.958. The van der Waals surface area contributed by atoms with Crippen LogP contribution in [-0.2, 0) is 11.2 Å². The first-order chi connectivity index (χ1) is 11.0. The Bertz CT molecular complexity index is 670. The highest BCUT2D eigenvalue weighted by atomic mass is 127. The molecule has 2 rings (SSSR count). The lowest BCUT2D eigenvalue weighted by atomic mass is 10.1. The van der Waals surface area contributed by atoms with E-state index >= 15 is 0 Å². The number of ether oxygens (including phenoxy) is 1. The molecule has 0 amide bonds. The maximum atomic E-state index is 5.40. The van der Waals surface area contributed by atoms with E-state index in [2.05, 4.69) is 58.1 Å². The molecule has 0 spiro atoms. The molecule has 5 heteroatoms. The fraction of sp³-hybridized carbons (Fsp3) is 0.421. The number of hydrogen-bond donors (Lipinski definition) is 2. The zero-order chi connectivity index (χ0) is 16.7. The van der Waals surface area contributed by atoms with Gasteiger partial charge < -0.3 is 15.4 Å². The second-order valence-electron chi connectivity index (χ2n) is 6.25. The summed E-state index contributed by atoms with van der Waals surface area (Å²) in [5.41, 5.74) is 1.11. The molecule has 0 fully saturated rings. The van der Waals surface area contributed by atoms with Gasteiger partial charge >= 0.3 is 0 Å². The molecule has 0 saturated heterocycles. The Kier molecular flexibility index (Phi) is 8.48. The molecule has 4 nitrogen and oxygen atoms in total. The van der Waals surface area contributed by atoms with Crippen molar-refractivity contribution in [2.24, 2.45) is 4.99 Å². The van der Waals surface area contributed by atoms with Crippen LogP contribution in [0.25, 0.3) is 10.8 Å². The lowest BCUT2D eigenvalue weighted by Crippen LogP contribution is -2.45. The minimum absolute atomic E-state index is 0. The molecule has 24 heavy (non-hydrogen) atoms. The number of fused-ring (bicyclic) bond motifs is 1. The maximum absolute atomic E-state index is 5.40. The van der Waals surface area contributed by atoms with Gasteiger partial charge in [0.1, 0.15) is 0 Å². The lowest BCUT2D eigenvalue weighted by molar-refractivity contribution is 0.0268. The van der Waals surface area contributed by atoms with Crippen LogP contribution in [0.5, 0.6) is 0 Å². The Morgan fingerprint density at radius 2 is 1.79 bits per heavy atom. The molecule has 0 atom stereocenters. The third-order valence-electron chi connectivity index (χ3n) is 3.98. The monoisotopic (exact) mass is 441 g/mol. The van der Waals surface area contributed by atoms with Crippen molar-refractivity contribution in [2.75, 3.05) is 27.2 Å². The van der Waals surface area contributed by atoms with Gasteiger partial charge in [-0.15, -0.1) is 24.0 Å². The Morgan fingerprint density at radius 1 is 1.08 bits per heavy atom. The third-order valence-corrected chi connectivity index (χ3v) is 3.98. The van der Waals surface area contributed by atoms with E-state index in [0.29, 0.717) is 6.54 Å². The molecule has 0 aliphatic rings. The van der Waals surface area contributed by atoms with Crippen molar-refractivity contribution in [3.05, 3.63) is 48.0 Å². The van der Waals surface area contributed by atoms with E-state index in [9.17, 15) is 0 Å². The Hall–Kier alpha value is -1.34. The quantitative estimate of drug-likeness (QED) is 0.409. The van der Waals surface area contributed by atoms with E-state index in [0.717, 1.165) is 18.9 Å². The Morgan fingerprint density at radius 3 is 2.46 bits per heavy atom. The molecule has 0 unspecified atom stereocenters. The number of rotatable bonds is 6. The first-order valence-electron chi connectivity index (χ1n) is 8.01. The van der Waals surface area contributed by atoms with Crippen molar-refractivity contribution in [1.29, 1.82) is 0 Å². The summed E-state index contributed by atoms with van der Waals surface area (Å²) in [6.45, 7) is 5.63. The Balaban J connectivity index is 0.00000288. The fourth-order valence-corrected chi connectivity index (χ4v) is 2.31. The van der Waals surface area contributed by atoms with Crippen LogP contribution in [0.1, 0.15) is 19.4 Å². The molecule has 0 aromatic heterocycles. The van der Waals surface area contributed by atoms with Gasteiger partial charge in [0.15, 0.2) is 5.96 Å². The first-order valence-corrected chi connectivity index (χ1v) is 8.01. The van der Waals surface area contributed by atoms with Crippen LogP contribution in [0.3, 0.4) is 0 Å².